The second-order valence-corrected chi connectivity index (χ2v) is 6.39. The van der Waals surface area contributed by atoms with Gasteiger partial charge in [0.25, 0.3) is 0 Å². The van der Waals surface area contributed by atoms with E-state index in [0.717, 1.165) is 5.92 Å². The monoisotopic (exact) mass is 258 g/mol. The topological polar surface area (TPSA) is 15.3 Å². The zero-order valence-corrected chi connectivity index (χ0v) is 11.7. The van der Waals surface area contributed by atoms with E-state index in [-0.39, 0.29) is 12.4 Å². The largest absolute Gasteiger partial charge is 0.317 e. The van der Waals surface area contributed by atoms with Crippen molar-refractivity contribution in [1.82, 2.24) is 10.2 Å². The SMILES string of the molecule is C1CCC(CN2CCC3(CCNCC3)C2)C1.Cl. The Hall–Kier alpha value is 0.210. The summed E-state index contributed by atoms with van der Waals surface area (Å²) in [6.07, 6.45) is 10.3. The number of rotatable bonds is 2. The lowest BCUT2D eigenvalue weighted by molar-refractivity contribution is 0.185. The van der Waals surface area contributed by atoms with Crippen molar-refractivity contribution in [2.75, 3.05) is 32.7 Å². The van der Waals surface area contributed by atoms with Crippen molar-refractivity contribution in [3.63, 3.8) is 0 Å². The summed E-state index contributed by atoms with van der Waals surface area (Å²) in [5.41, 5.74) is 0.712. The molecule has 2 saturated heterocycles. The van der Waals surface area contributed by atoms with Gasteiger partial charge in [-0.2, -0.15) is 0 Å². The predicted molar refractivity (Wildman–Crippen MR) is 74.8 cm³/mol. The molecule has 0 aromatic carbocycles. The molecule has 3 aliphatic rings. The minimum absolute atomic E-state index is 0. The second-order valence-electron chi connectivity index (χ2n) is 6.39. The first-order valence-corrected chi connectivity index (χ1v) is 7.29. The van der Waals surface area contributed by atoms with E-state index in [1.165, 1.54) is 77.7 Å². The van der Waals surface area contributed by atoms with E-state index in [1.54, 1.807) is 0 Å². The molecule has 3 fully saturated rings. The fraction of sp³-hybridized carbons (Fsp3) is 1.00. The number of halogens is 1. The Labute approximate surface area is 112 Å². The van der Waals surface area contributed by atoms with Crippen LogP contribution in [0.1, 0.15) is 44.9 Å². The molecule has 1 saturated carbocycles. The molecule has 1 aliphatic carbocycles. The number of nitrogens with one attached hydrogen (secondary N) is 1. The highest BCUT2D eigenvalue weighted by Gasteiger charge is 2.39. The van der Waals surface area contributed by atoms with E-state index >= 15 is 0 Å². The Morgan fingerprint density at radius 1 is 1.06 bits per heavy atom. The van der Waals surface area contributed by atoms with Crippen LogP contribution < -0.4 is 5.32 Å². The van der Waals surface area contributed by atoms with Crippen LogP contribution in [0.3, 0.4) is 0 Å². The molecule has 0 amide bonds. The van der Waals surface area contributed by atoms with Crippen LogP contribution in [0, 0.1) is 11.3 Å². The van der Waals surface area contributed by atoms with Gasteiger partial charge in [0.2, 0.25) is 0 Å². The van der Waals surface area contributed by atoms with Crippen LogP contribution in [-0.4, -0.2) is 37.6 Å². The van der Waals surface area contributed by atoms with Crippen molar-refractivity contribution in [3.05, 3.63) is 0 Å². The predicted octanol–water partition coefficient (Wildman–Crippen LogP) is 2.67. The number of nitrogens with zero attached hydrogens (tertiary/aromatic N) is 1. The molecule has 3 heteroatoms. The quantitative estimate of drug-likeness (QED) is 0.819. The molecular formula is C14H27ClN2. The summed E-state index contributed by atoms with van der Waals surface area (Å²) in [6, 6.07) is 0. The van der Waals surface area contributed by atoms with Crippen LogP contribution in [0.25, 0.3) is 0 Å². The first kappa shape index (κ1) is 13.6. The smallest absolute Gasteiger partial charge is 0.00395 e. The highest BCUT2D eigenvalue weighted by Crippen LogP contribution is 2.39. The maximum absolute atomic E-state index is 3.51. The number of likely N-dealkylation sites (tertiary alicyclic amines) is 1. The highest BCUT2D eigenvalue weighted by molar-refractivity contribution is 5.85. The average molecular weight is 259 g/mol. The molecule has 1 N–H and O–H groups in total. The van der Waals surface area contributed by atoms with Gasteiger partial charge >= 0.3 is 0 Å². The summed E-state index contributed by atoms with van der Waals surface area (Å²) in [5.74, 6) is 1.04. The van der Waals surface area contributed by atoms with Crippen LogP contribution in [0.2, 0.25) is 0 Å². The van der Waals surface area contributed by atoms with Crippen molar-refractivity contribution in [3.8, 4) is 0 Å². The molecule has 2 nitrogen and oxygen atoms in total. The van der Waals surface area contributed by atoms with Crippen molar-refractivity contribution in [2.24, 2.45) is 11.3 Å². The Morgan fingerprint density at radius 3 is 2.47 bits per heavy atom. The molecule has 3 rings (SSSR count). The van der Waals surface area contributed by atoms with Gasteiger partial charge in [-0.05, 0) is 63.1 Å². The molecule has 0 radical (unpaired) electrons. The Bertz CT molecular complexity index is 232. The third-order valence-electron chi connectivity index (χ3n) is 5.17. The Morgan fingerprint density at radius 2 is 1.76 bits per heavy atom. The van der Waals surface area contributed by atoms with E-state index in [9.17, 15) is 0 Å². The number of hydrogen-bond acceptors (Lipinski definition) is 2. The Balaban J connectivity index is 0.00000108. The lowest BCUT2D eigenvalue weighted by Gasteiger charge is -2.34. The standard InChI is InChI=1S/C14H26N2.ClH/c1-2-4-13(3-1)11-16-10-7-14(12-16)5-8-15-9-6-14;/h13,15H,1-12H2;1H. The van der Waals surface area contributed by atoms with Crippen molar-refractivity contribution in [2.45, 2.75) is 44.9 Å². The first-order chi connectivity index (χ1) is 7.86. The van der Waals surface area contributed by atoms with E-state index in [1.807, 2.05) is 0 Å². The van der Waals surface area contributed by atoms with Crippen LogP contribution >= 0.6 is 12.4 Å². The minimum atomic E-state index is 0. The maximum Gasteiger partial charge on any atom is 0.00395 e. The van der Waals surface area contributed by atoms with Gasteiger partial charge < -0.3 is 10.2 Å². The van der Waals surface area contributed by atoms with Crippen molar-refractivity contribution >= 4 is 12.4 Å². The molecule has 17 heavy (non-hydrogen) atoms. The van der Waals surface area contributed by atoms with Gasteiger partial charge in [0.05, 0.1) is 0 Å². The first-order valence-electron chi connectivity index (χ1n) is 7.29. The van der Waals surface area contributed by atoms with Gasteiger partial charge in [0, 0.05) is 13.1 Å². The lowest BCUT2D eigenvalue weighted by Crippen LogP contribution is -2.39. The van der Waals surface area contributed by atoms with Gasteiger partial charge in [0.1, 0.15) is 0 Å². The summed E-state index contributed by atoms with van der Waals surface area (Å²) >= 11 is 0. The summed E-state index contributed by atoms with van der Waals surface area (Å²) in [7, 11) is 0. The normalized spacial score (nSPS) is 29.6. The molecule has 100 valence electrons. The van der Waals surface area contributed by atoms with E-state index < -0.39 is 0 Å². The average Bonchev–Trinajstić information content (AvgIpc) is 2.92. The van der Waals surface area contributed by atoms with Gasteiger partial charge in [0.15, 0.2) is 0 Å². The van der Waals surface area contributed by atoms with Gasteiger partial charge in [-0.3, -0.25) is 0 Å². The van der Waals surface area contributed by atoms with Crippen LogP contribution in [0.4, 0.5) is 0 Å². The Kier molecular flexibility index (Phi) is 4.73. The van der Waals surface area contributed by atoms with Crippen molar-refractivity contribution in [1.29, 1.82) is 0 Å². The van der Waals surface area contributed by atoms with E-state index in [2.05, 4.69) is 10.2 Å². The fourth-order valence-electron chi connectivity index (χ4n) is 4.11. The molecule has 0 aromatic rings. The van der Waals surface area contributed by atoms with E-state index in [0.29, 0.717) is 5.41 Å². The molecule has 0 unspecified atom stereocenters. The van der Waals surface area contributed by atoms with Gasteiger partial charge in [-0.1, -0.05) is 12.8 Å². The van der Waals surface area contributed by atoms with E-state index in [4.69, 9.17) is 0 Å². The molecule has 0 atom stereocenters. The fourth-order valence-corrected chi connectivity index (χ4v) is 4.11. The summed E-state index contributed by atoms with van der Waals surface area (Å²) < 4.78 is 0. The minimum Gasteiger partial charge on any atom is -0.317 e. The number of piperidine rings is 1. The lowest BCUT2D eigenvalue weighted by atomic mass is 9.78. The van der Waals surface area contributed by atoms with Crippen LogP contribution in [-0.2, 0) is 0 Å². The zero-order valence-electron chi connectivity index (χ0n) is 10.9. The molecule has 2 heterocycles. The molecule has 2 aliphatic heterocycles. The van der Waals surface area contributed by atoms with Crippen molar-refractivity contribution < 1.29 is 0 Å². The molecule has 1 spiro atoms. The maximum atomic E-state index is 3.51. The molecule has 0 bridgehead atoms. The second kappa shape index (κ2) is 5.90. The molecule has 0 aromatic heterocycles. The van der Waals surface area contributed by atoms with Crippen LogP contribution in [0.15, 0.2) is 0 Å². The third-order valence-corrected chi connectivity index (χ3v) is 5.17. The summed E-state index contributed by atoms with van der Waals surface area (Å²) in [5, 5.41) is 3.51. The zero-order chi connectivity index (χ0) is 10.8. The highest BCUT2D eigenvalue weighted by atomic mass is 35.5. The van der Waals surface area contributed by atoms with Crippen LogP contribution in [0.5, 0.6) is 0 Å². The number of hydrogen-bond donors (Lipinski definition) is 1. The van der Waals surface area contributed by atoms with Gasteiger partial charge in [-0.25, -0.2) is 0 Å². The molecular weight excluding hydrogens is 232 g/mol. The third kappa shape index (κ3) is 3.15. The van der Waals surface area contributed by atoms with Gasteiger partial charge in [-0.15, -0.1) is 12.4 Å². The summed E-state index contributed by atoms with van der Waals surface area (Å²) in [4.78, 5) is 2.78. The summed E-state index contributed by atoms with van der Waals surface area (Å²) in [6.45, 7) is 6.73.